The molecule has 2 aliphatic heterocycles. The molecule has 144 valence electrons. The summed E-state index contributed by atoms with van der Waals surface area (Å²) in [7, 11) is 0. The second-order valence-corrected chi connectivity index (χ2v) is 6.04. The Bertz CT molecular complexity index is 915. The summed E-state index contributed by atoms with van der Waals surface area (Å²) in [5, 5.41) is 26.3. The van der Waals surface area contributed by atoms with E-state index in [9.17, 15) is 25.0 Å². The number of carbonyl (C=O) groups excluding carboxylic acids is 1. The predicted molar refractivity (Wildman–Crippen MR) is 102 cm³/mol. The van der Waals surface area contributed by atoms with E-state index in [1.807, 2.05) is 0 Å². The van der Waals surface area contributed by atoms with Gasteiger partial charge >= 0.3 is 0 Å². The molecule has 0 saturated heterocycles. The van der Waals surface area contributed by atoms with Gasteiger partial charge in [-0.2, -0.15) is 0 Å². The van der Waals surface area contributed by atoms with E-state index in [1.54, 1.807) is 6.07 Å². The van der Waals surface area contributed by atoms with Crippen LogP contribution in [0.15, 0.2) is 36.4 Å². The maximum atomic E-state index is 10.9. The number of ether oxygens (including phenoxy) is 2. The number of nitro groups is 2. The third-order valence-electron chi connectivity index (χ3n) is 3.62. The van der Waals surface area contributed by atoms with Crippen molar-refractivity contribution < 1.29 is 24.1 Å². The molecule has 0 aromatic heterocycles. The van der Waals surface area contributed by atoms with E-state index in [0.717, 1.165) is 0 Å². The molecule has 0 radical (unpaired) electrons. The van der Waals surface area contributed by atoms with Crippen molar-refractivity contribution in [2.75, 3.05) is 23.8 Å². The molecule has 0 bridgehead atoms. The molecule has 1 amide bonds. The average Bonchev–Trinajstić information content (AvgIpc) is 2.67. The van der Waals surface area contributed by atoms with Crippen molar-refractivity contribution in [1.29, 1.82) is 0 Å². The van der Waals surface area contributed by atoms with E-state index < -0.39 is 9.85 Å². The molecule has 2 heterocycles. The first kappa shape index (κ1) is 19.0. The molecule has 0 atom stereocenters. The van der Waals surface area contributed by atoms with Crippen molar-refractivity contribution in [2.45, 2.75) is 0 Å². The number of fused-ring (bicyclic) bond motifs is 2. The summed E-state index contributed by atoms with van der Waals surface area (Å²) in [4.78, 5) is 31.3. The highest BCUT2D eigenvalue weighted by molar-refractivity contribution is 7.80. The number of benzene rings is 2. The Morgan fingerprint density at radius 2 is 1.36 bits per heavy atom. The van der Waals surface area contributed by atoms with Gasteiger partial charge < -0.3 is 20.1 Å². The van der Waals surface area contributed by atoms with Crippen LogP contribution in [0.1, 0.15) is 0 Å². The zero-order valence-electron chi connectivity index (χ0n) is 14.0. The summed E-state index contributed by atoms with van der Waals surface area (Å²) in [6, 6.07) is 8.42. The Morgan fingerprint density at radius 3 is 1.89 bits per heavy atom. The molecule has 2 aromatic carbocycles. The molecule has 2 aromatic rings. The fraction of sp³-hybridized carbons (Fsp3) is 0.125. The number of carbonyl (C=O) groups is 1. The van der Waals surface area contributed by atoms with Crippen molar-refractivity contribution in [3.05, 3.63) is 56.6 Å². The lowest BCUT2D eigenvalue weighted by Crippen LogP contribution is -2.25. The minimum Gasteiger partial charge on any atom is -0.484 e. The molecule has 2 N–H and O–H groups in total. The summed E-state index contributed by atoms with van der Waals surface area (Å²) >= 11 is 4.90. The first-order valence-corrected chi connectivity index (χ1v) is 8.16. The van der Waals surface area contributed by atoms with Crippen LogP contribution < -0.4 is 20.1 Å². The first-order chi connectivity index (χ1) is 13.3. The Labute approximate surface area is 162 Å². The van der Waals surface area contributed by atoms with Crippen molar-refractivity contribution >= 4 is 45.9 Å². The molecule has 0 aliphatic carbocycles. The van der Waals surface area contributed by atoms with Gasteiger partial charge in [0.05, 0.1) is 33.4 Å². The summed E-state index contributed by atoms with van der Waals surface area (Å²) < 4.78 is 10.2. The van der Waals surface area contributed by atoms with Crippen LogP contribution in [0.2, 0.25) is 0 Å². The lowest BCUT2D eigenvalue weighted by molar-refractivity contribution is -0.385. The Hall–Kier alpha value is -3.80. The molecule has 4 rings (SSSR count). The number of anilines is 2. The SMILES string of the molecule is O=C1COc2cc([N+](=O)[O-])ccc2N1.O=[N+]([O-])c1ccc2c(c1)OCC(=S)N2. The van der Waals surface area contributed by atoms with Crippen LogP contribution in [-0.2, 0) is 4.79 Å². The number of nitrogens with zero attached hydrogens (tertiary/aromatic N) is 2. The van der Waals surface area contributed by atoms with Gasteiger partial charge in [0.15, 0.2) is 6.61 Å². The number of nitro benzene ring substituents is 2. The van der Waals surface area contributed by atoms with Gasteiger partial charge in [0.1, 0.15) is 23.1 Å². The van der Waals surface area contributed by atoms with Crippen LogP contribution in [0.25, 0.3) is 0 Å². The zero-order valence-corrected chi connectivity index (χ0v) is 14.9. The van der Waals surface area contributed by atoms with Crippen LogP contribution in [0.5, 0.6) is 11.5 Å². The van der Waals surface area contributed by atoms with E-state index in [-0.39, 0.29) is 30.5 Å². The van der Waals surface area contributed by atoms with Gasteiger partial charge in [-0.15, -0.1) is 0 Å². The first-order valence-electron chi connectivity index (χ1n) is 7.75. The highest BCUT2D eigenvalue weighted by atomic mass is 32.1. The van der Waals surface area contributed by atoms with Gasteiger partial charge in [-0.05, 0) is 12.1 Å². The molecular weight excluding hydrogens is 392 g/mol. The molecule has 2 aliphatic rings. The van der Waals surface area contributed by atoms with Crippen LogP contribution in [0.3, 0.4) is 0 Å². The third-order valence-corrected chi connectivity index (χ3v) is 3.84. The number of hydrogen-bond donors (Lipinski definition) is 2. The van der Waals surface area contributed by atoms with Gasteiger partial charge in [-0.25, -0.2) is 0 Å². The monoisotopic (exact) mass is 404 g/mol. The summed E-state index contributed by atoms with van der Waals surface area (Å²) in [6.07, 6.45) is 0. The smallest absolute Gasteiger partial charge is 0.273 e. The number of hydrogen-bond acceptors (Lipinski definition) is 8. The highest BCUT2D eigenvalue weighted by Gasteiger charge is 2.19. The standard InChI is InChI=1S/C8H6N2O4.C8H6N2O3S/c11-8-4-14-7-3-5(10(12)13)1-2-6(7)9-8;11-10(12)5-1-2-6-7(3-5)13-4-8(14)9-6/h1-3H,4H2,(H,9,11);1-3H,4H2,(H,9,14). The number of amides is 1. The van der Waals surface area contributed by atoms with Gasteiger partial charge in [-0.3, -0.25) is 25.0 Å². The predicted octanol–water partition coefficient (Wildman–Crippen LogP) is 2.65. The van der Waals surface area contributed by atoms with Crippen molar-refractivity contribution in [1.82, 2.24) is 0 Å². The maximum absolute atomic E-state index is 10.9. The zero-order chi connectivity index (χ0) is 20.3. The van der Waals surface area contributed by atoms with Crippen LogP contribution in [-0.4, -0.2) is 34.0 Å². The summed E-state index contributed by atoms with van der Waals surface area (Å²) in [5.41, 5.74) is 1.09. The lowest BCUT2D eigenvalue weighted by Gasteiger charge is -2.18. The van der Waals surface area contributed by atoms with Gasteiger partial charge in [0.25, 0.3) is 17.3 Å². The third kappa shape index (κ3) is 4.29. The molecule has 0 spiro atoms. The van der Waals surface area contributed by atoms with E-state index >= 15 is 0 Å². The van der Waals surface area contributed by atoms with Gasteiger partial charge in [0, 0.05) is 12.1 Å². The number of nitrogens with one attached hydrogen (secondary N) is 2. The Balaban J connectivity index is 0.000000161. The van der Waals surface area contributed by atoms with Crippen molar-refractivity contribution in [3.63, 3.8) is 0 Å². The number of rotatable bonds is 2. The topological polar surface area (TPSA) is 146 Å². The molecule has 0 unspecified atom stereocenters. The molecule has 0 fully saturated rings. The van der Waals surface area contributed by atoms with Crippen LogP contribution >= 0.6 is 12.2 Å². The maximum Gasteiger partial charge on any atom is 0.273 e. The van der Waals surface area contributed by atoms with Crippen LogP contribution in [0.4, 0.5) is 22.7 Å². The van der Waals surface area contributed by atoms with E-state index in [1.165, 1.54) is 30.3 Å². The highest BCUT2D eigenvalue weighted by Crippen LogP contribution is 2.32. The van der Waals surface area contributed by atoms with E-state index in [4.69, 9.17) is 21.7 Å². The normalized spacial score (nSPS) is 13.9. The Kier molecular flexibility index (Phi) is 5.31. The second-order valence-electron chi connectivity index (χ2n) is 5.55. The minimum absolute atomic E-state index is 0.0124. The number of non-ortho nitro benzene ring substituents is 2. The summed E-state index contributed by atoms with van der Waals surface area (Å²) in [6.45, 7) is 0.164. The summed E-state index contributed by atoms with van der Waals surface area (Å²) in [5.74, 6) is 0.540. The molecule has 12 heteroatoms. The fourth-order valence-corrected chi connectivity index (χ4v) is 2.52. The lowest BCUT2D eigenvalue weighted by atomic mass is 10.2. The fourth-order valence-electron chi connectivity index (χ4n) is 2.35. The van der Waals surface area contributed by atoms with Crippen molar-refractivity contribution in [2.24, 2.45) is 0 Å². The minimum atomic E-state index is -0.514. The van der Waals surface area contributed by atoms with E-state index in [0.29, 0.717) is 27.9 Å². The van der Waals surface area contributed by atoms with E-state index in [2.05, 4.69) is 10.6 Å². The molecule has 28 heavy (non-hydrogen) atoms. The van der Waals surface area contributed by atoms with Crippen LogP contribution in [0, 0.1) is 20.2 Å². The van der Waals surface area contributed by atoms with Gasteiger partial charge in [0.2, 0.25) is 0 Å². The molecule has 11 nitrogen and oxygen atoms in total. The van der Waals surface area contributed by atoms with Crippen molar-refractivity contribution in [3.8, 4) is 11.5 Å². The number of thiocarbonyl (C=S) groups is 1. The average molecular weight is 404 g/mol. The van der Waals surface area contributed by atoms with Gasteiger partial charge in [-0.1, -0.05) is 12.2 Å². The quantitative estimate of drug-likeness (QED) is 0.438. The second kappa shape index (κ2) is 7.84. The Morgan fingerprint density at radius 1 is 0.857 bits per heavy atom. The molecular formula is C16H12N4O7S. The molecule has 0 saturated carbocycles. The largest absolute Gasteiger partial charge is 0.484 e.